The van der Waals surface area contributed by atoms with Crippen molar-refractivity contribution in [3.63, 3.8) is 0 Å². The molecule has 0 heterocycles. The number of sulfonamides is 1. The lowest BCUT2D eigenvalue weighted by Crippen LogP contribution is -2.22. The standard InChI is InChI=1S/C11H16FNO5S2/c1-9(2)18-7-8-19(14,15)13-10-5-3-4-6-11(10)20(12,16)17/h3-6,9,13H,7-8H2,1-2H3. The predicted octanol–water partition coefficient (Wildman–Crippen LogP) is 1.51. The van der Waals surface area contributed by atoms with Gasteiger partial charge in [0.1, 0.15) is 4.90 Å². The van der Waals surface area contributed by atoms with E-state index in [2.05, 4.69) is 0 Å². The number of hydrogen-bond donors (Lipinski definition) is 1. The second-order valence-corrected chi connectivity index (χ2v) is 7.43. The van der Waals surface area contributed by atoms with E-state index in [0.717, 1.165) is 6.07 Å². The van der Waals surface area contributed by atoms with Crippen molar-refractivity contribution < 1.29 is 25.5 Å². The quantitative estimate of drug-likeness (QED) is 0.768. The Balaban J connectivity index is 2.88. The second-order valence-electron chi connectivity index (χ2n) is 4.27. The summed E-state index contributed by atoms with van der Waals surface area (Å²) in [4.78, 5) is -0.714. The molecule has 1 rings (SSSR count). The van der Waals surface area contributed by atoms with Crippen LogP contribution in [0.4, 0.5) is 9.57 Å². The molecule has 0 aliphatic heterocycles. The number of nitrogens with one attached hydrogen (secondary N) is 1. The summed E-state index contributed by atoms with van der Waals surface area (Å²) in [6, 6.07) is 4.86. The molecule has 0 aliphatic carbocycles. The molecule has 0 saturated carbocycles. The monoisotopic (exact) mass is 325 g/mol. The molecule has 0 spiro atoms. The van der Waals surface area contributed by atoms with Crippen LogP contribution in [0.2, 0.25) is 0 Å². The molecule has 0 fully saturated rings. The third-order valence-corrected chi connectivity index (χ3v) is 4.33. The Labute approximate surface area is 118 Å². The van der Waals surface area contributed by atoms with E-state index in [9.17, 15) is 20.7 Å². The van der Waals surface area contributed by atoms with Crippen LogP contribution in [0.15, 0.2) is 29.2 Å². The van der Waals surface area contributed by atoms with Gasteiger partial charge in [-0.2, -0.15) is 8.42 Å². The van der Waals surface area contributed by atoms with Crippen LogP contribution in [-0.4, -0.2) is 35.3 Å². The number of halogens is 1. The SMILES string of the molecule is CC(C)OCCS(=O)(=O)Nc1ccccc1S(=O)(=O)F. The Bertz CT molecular complexity index is 655. The molecule has 0 amide bonds. The first-order chi connectivity index (χ1) is 9.12. The third-order valence-electron chi connectivity index (χ3n) is 2.22. The molecule has 114 valence electrons. The lowest BCUT2D eigenvalue weighted by atomic mass is 10.3. The van der Waals surface area contributed by atoms with Crippen molar-refractivity contribution in [3.05, 3.63) is 24.3 Å². The fraction of sp³-hybridized carbons (Fsp3) is 0.455. The smallest absolute Gasteiger partial charge is 0.334 e. The van der Waals surface area contributed by atoms with Gasteiger partial charge in [-0.15, -0.1) is 3.89 Å². The predicted molar refractivity (Wildman–Crippen MR) is 73.2 cm³/mol. The number of hydrogen-bond acceptors (Lipinski definition) is 5. The topological polar surface area (TPSA) is 89.5 Å². The van der Waals surface area contributed by atoms with Gasteiger partial charge in [-0.05, 0) is 26.0 Å². The first-order valence-electron chi connectivity index (χ1n) is 5.77. The van der Waals surface area contributed by atoms with Crippen molar-refractivity contribution in [1.29, 1.82) is 0 Å². The van der Waals surface area contributed by atoms with Crippen LogP contribution in [0.5, 0.6) is 0 Å². The number of para-hydroxylation sites is 1. The Morgan fingerprint density at radius 3 is 2.35 bits per heavy atom. The zero-order valence-corrected chi connectivity index (χ0v) is 12.7. The maximum atomic E-state index is 13.0. The first kappa shape index (κ1) is 16.9. The minimum atomic E-state index is -5.00. The average molecular weight is 325 g/mol. The van der Waals surface area contributed by atoms with Crippen molar-refractivity contribution >= 4 is 25.9 Å². The zero-order chi connectivity index (χ0) is 15.4. The van der Waals surface area contributed by atoms with E-state index in [0.29, 0.717) is 0 Å². The Hall–Kier alpha value is -1.19. The molecular weight excluding hydrogens is 309 g/mol. The molecular formula is C11H16FNO5S2. The van der Waals surface area contributed by atoms with Crippen molar-refractivity contribution in [2.75, 3.05) is 17.1 Å². The molecule has 20 heavy (non-hydrogen) atoms. The van der Waals surface area contributed by atoms with Crippen LogP contribution in [-0.2, 0) is 25.0 Å². The van der Waals surface area contributed by atoms with Gasteiger partial charge in [-0.3, -0.25) is 4.72 Å². The Kier molecular flexibility index (Phi) is 5.49. The molecule has 6 nitrogen and oxygen atoms in total. The molecule has 0 aliphatic rings. The number of ether oxygens (including phenoxy) is 1. The average Bonchev–Trinajstić information content (AvgIpc) is 2.26. The zero-order valence-electron chi connectivity index (χ0n) is 11.0. The normalized spacial score (nSPS) is 12.6. The van der Waals surface area contributed by atoms with Crippen LogP contribution in [0.1, 0.15) is 13.8 Å². The van der Waals surface area contributed by atoms with E-state index in [1.165, 1.54) is 18.2 Å². The Morgan fingerprint density at radius 1 is 1.20 bits per heavy atom. The van der Waals surface area contributed by atoms with Crippen LogP contribution < -0.4 is 4.72 Å². The summed E-state index contributed by atoms with van der Waals surface area (Å²) in [6.45, 7) is 3.47. The molecule has 0 bridgehead atoms. The van der Waals surface area contributed by atoms with Crippen LogP contribution in [0.3, 0.4) is 0 Å². The molecule has 1 aromatic rings. The van der Waals surface area contributed by atoms with Crippen molar-refractivity contribution in [1.82, 2.24) is 0 Å². The fourth-order valence-electron chi connectivity index (χ4n) is 1.38. The summed E-state index contributed by atoms with van der Waals surface area (Å²) in [5.74, 6) is -0.355. The molecule has 0 radical (unpaired) electrons. The summed E-state index contributed by atoms with van der Waals surface area (Å²) < 4.78 is 65.5. The van der Waals surface area contributed by atoms with Gasteiger partial charge in [-0.1, -0.05) is 12.1 Å². The molecule has 0 unspecified atom stereocenters. The highest BCUT2D eigenvalue weighted by atomic mass is 32.3. The lowest BCUT2D eigenvalue weighted by molar-refractivity contribution is 0.0913. The van der Waals surface area contributed by atoms with Gasteiger partial charge in [0.25, 0.3) is 0 Å². The summed E-state index contributed by atoms with van der Waals surface area (Å²) in [7, 11) is -8.82. The summed E-state index contributed by atoms with van der Waals surface area (Å²) >= 11 is 0. The highest BCUT2D eigenvalue weighted by Gasteiger charge is 2.20. The molecule has 1 N–H and O–H groups in total. The van der Waals surface area contributed by atoms with Crippen LogP contribution in [0.25, 0.3) is 0 Å². The van der Waals surface area contributed by atoms with Crippen LogP contribution in [0, 0.1) is 0 Å². The molecule has 1 aromatic carbocycles. The highest BCUT2D eigenvalue weighted by Crippen LogP contribution is 2.23. The maximum absolute atomic E-state index is 13.0. The second kappa shape index (κ2) is 6.51. The number of rotatable bonds is 7. The summed E-state index contributed by atoms with van der Waals surface area (Å²) in [6.07, 6.45) is -0.122. The van der Waals surface area contributed by atoms with Gasteiger partial charge in [0.15, 0.2) is 0 Å². The van der Waals surface area contributed by atoms with Crippen molar-refractivity contribution in [2.24, 2.45) is 0 Å². The minimum Gasteiger partial charge on any atom is -0.378 e. The highest BCUT2D eigenvalue weighted by molar-refractivity contribution is 7.92. The largest absolute Gasteiger partial charge is 0.378 e. The third kappa shape index (κ3) is 5.43. The van der Waals surface area contributed by atoms with E-state index < -0.39 is 25.1 Å². The molecule has 0 saturated heterocycles. The summed E-state index contributed by atoms with van der Waals surface area (Å²) in [5.41, 5.74) is -0.320. The van der Waals surface area contributed by atoms with E-state index in [4.69, 9.17) is 4.74 Å². The molecule has 9 heteroatoms. The lowest BCUT2D eigenvalue weighted by Gasteiger charge is -2.11. The van der Waals surface area contributed by atoms with E-state index in [-0.39, 0.29) is 24.2 Å². The number of benzene rings is 1. The minimum absolute atomic E-state index is 0.0441. The van der Waals surface area contributed by atoms with Gasteiger partial charge < -0.3 is 4.74 Å². The maximum Gasteiger partial charge on any atom is 0.334 e. The van der Waals surface area contributed by atoms with Crippen molar-refractivity contribution in [3.8, 4) is 0 Å². The Morgan fingerprint density at radius 2 is 1.80 bits per heavy atom. The van der Waals surface area contributed by atoms with Gasteiger partial charge in [-0.25, -0.2) is 8.42 Å². The van der Waals surface area contributed by atoms with E-state index in [1.807, 2.05) is 4.72 Å². The van der Waals surface area contributed by atoms with Gasteiger partial charge >= 0.3 is 10.2 Å². The van der Waals surface area contributed by atoms with Crippen LogP contribution >= 0.6 is 0 Å². The summed E-state index contributed by atoms with van der Waals surface area (Å²) in [5, 5.41) is 0. The van der Waals surface area contributed by atoms with Gasteiger partial charge in [0.2, 0.25) is 10.0 Å². The van der Waals surface area contributed by atoms with Crippen molar-refractivity contribution in [2.45, 2.75) is 24.8 Å². The first-order valence-corrected chi connectivity index (χ1v) is 8.81. The molecule has 0 atom stereocenters. The number of anilines is 1. The fourth-order valence-corrected chi connectivity index (χ4v) is 2.99. The van der Waals surface area contributed by atoms with E-state index >= 15 is 0 Å². The van der Waals surface area contributed by atoms with Gasteiger partial charge in [0, 0.05) is 0 Å². The van der Waals surface area contributed by atoms with Gasteiger partial charge in [0.05, 0.1) is 24.2 Å². The van der Waals surface area contributed by atoms with E-state index in [1.54, 1.807) is 13.8 Å². The molecule has 0 aromatic heterocycles.